The van der Waals surface area contributed by atoms with Crippen molar-refractivity contribution in [3.8, 4) is 17.0 Å². The minimum Gasteiger partial charge on any atom is -0.508 e. The molecule has 0 aliphatic carbocycles. The Morgan fingerprint density at radius 3 is 2.67 bits per heavy atom. The van der Waals surface area contributed by atoms with Crippen molar-refractivity contribution < 1.29 is 9.90 Å². The molecule has 0 radical (unpaired) electrons. The zero-order valence-corrected chi connectivity index (χ0v) is 13.8. The summed E-state index contributed by atoms with van der Waals surface area (Å²) in [6.07, 6.45) is 2.37. The maximum absolute atomic E-state index is 11.0. The Hall–Kier alpha value is -2.99. The van der Waals surface area contributed by atoms with Crippen LogP contribution in [0.25, 0.3) is 11.3 Å². The molecular weight excluding hydrogens is 322 g/mol. The minimum atomic E-state index is 0.223. The number of aromatic nitrogens is 1. The third kappa shape index (κ3) is 3.33. The van der Waals surface area contributed by atoms with E-state index in [1.807, 2.05) is 35.2 Å². The zero-order valence-electron chi connectivity index (χ0n) is 13.0. The smallest absolute Gasteiger partial charge is 0.210 e. The average Bonchev–Trinajstić information content (AvgIpc) is 2.96. The normalized spacial score (nSPS) is 12.0. The van der Waals surface area contributed by atoms with Gasteiger partial charge in [-0.2, -0.15) is 5.10 Å². The second-order valence-corrected chi connectivity index (χ2v) is 5.94. The van der Waals surface area contributed by atoms with Gasteiger partial charge in [0.25, 0.3) is 0 Å². The molecule has 24 heavy (non-hydrogen) atoms. The number of benzene rings is 2. The molecule has 1 N–H and O–H groups in total. The van der Waals surface area contributed by atoms with Gasteiger partial charge in [-0.3, -0.25) is 4.79 Å². The molecule has 2 aromatic carbocycles. The maximum Gasteiger partial charge on any atom is 0.210 e. The molecule has 0 amide bonds. The summed E-state index contributed by atoms with van der Waals surface area (Å²) in [6, 6.07) is 14.3. The lowest BCUT2D eigenvalue weighted by atomic mass is 10.1. The van der Waals surface area contributed by atoms with Crippen LogP contribution in [0.4, 0.5) is 0 Å². The van der Waals surface area contributed by atoms with Crippen molar-refractivity contribution in [1.82, 2.24) is 4.57 Å². The summed E-state index contributed by atoms with van der Waals surface area (Å²) in [5.74, 6) is 0.223. The lowest BCUT2D eigenvalue weighted by Crippen LogP contribution is -2.10. The molecule has 3 aromatic rings. The summed E-state index contributed by atoms with van der Waals surface area (Å²) in [5.41, 5.74) is 3.15. The first kappa shape index (κ1) is 15.9. The fourth-order valence-corrected chi connectivity index (χ4v) is 3.13. The van der Waals surface area contributed by atoms with Gasteiger partial charge >= 0.3 is 0 Å². The highest BCUT2D eigenvalue weighted by molar-refractivity contribution is 7.07. The van der Waals surface area contributed by atoms with Crippen LogP contribution in [0.3, 0.4) is 0 Å². The first-order valence-electron chi connectivity index (χ1n) is 7.24. The number of hydrogen-bond donors (Lipinski definition) is 1. The van der Waals surface area contributed by atoms with Gasteiger partial charge in [0, 0.05) is 29.1 Å². The van der Waals surface area contributed by atoms with Gasteiger partial charge in [-0.25, -0.2) is 0 Å². The molecule has 1 aromatic heterocycles. The molecule has 0 aliphatic rings. The lowest BCUT2D eigenvalue weighted by molar-refractivity contribution is 0.112. The predicted molar refractivity (Wildman–Crippen MR) is 95.4 cm³/mol. The quantitative estimate of drug-likeness (QED) is 0.451. The molecule has 0 fully saturated rings. The first-order chi connectivity index (χ1) is 11.7. The van der Waals surface area contributed by atoms with Crippen molar-refractivity contribution in [2.24, 2.45) is 17.3 Å². The van der Waals surface area contributed by atoms with Crippen LogP contribution in [-0.2, 0) is 7.05 Å². The van der Waals surface area contributed by atoms with Crippen LogP contribution in [0.2, 0.25) is 0 Å². The Bertz CT molecular complexity index is 970. The maximum atomic E-state index is 11.0. The van der Waals surface area contributed by atoms with E-state index in [1.165, 1.54) is 11.3 Å². The van der Waals surface area contributed by atoms with E-state index in [1.54, 1.807) is 36.5 Å². The van der Waals surface area contributed by atoms with Crippen molar-refractivity contribution in [1.29, 1.82) is 0 Å². The predicted octanol–water partition coefficient (Wildman–Crippen LogP) is 3.21. The zero-order chi connectivity index (χ0) is 16.9. The number of aromatic hydroxyl groups is 1. The Morgan fingerprint density at radius 2 is 1.92 bits per heavy atom. The standard InChI is InChI=1S/C18H15N3O2S/c1-21-17(13-7-4-8-16(23)9-13)12-24-18(21)20-19-10-14-5-2-3-6-15(14)11-22/h2-12,23H,1H3/b19-10+,20-18+. The van der Waals surface area contributed by atoms with E-state index in [-0.39, 0.29) is 5.75 Å². The van der Waals surface area contributed by atoms with Gasteiger partial charge < -0.3 is 9.67 Å². The molecule has 0 saturated heterocycles. The third-order valence-electron chi connectivity index (χ3n) is 3.53. The highest BCUT2D eigenvalue weighted by atomic mass is 32.1. The third-order valence-corrected chi connectivity index (χ3v) is 4.44. The molecule has 0 unspecified atom stereocenters. The molecular formula is C18H15N3O2S. The van der Waals surface area contributed by atoms with E-state index in [9.17, 15) is 9.90 Å². The molecule has 1 heterocycles. The Morgan fingerprint density at radius 1 is 1.12 bits per heavy atom. The van der Waals surface area contributed by atoms with E-state index in [0.29, 0.717) is 10.4 Å². The van der Waals surface area contributed by atoms with Crippen LogP contribution in [0, 0.1) is 0 Å². The van der Waals surface area contributed by atoms with Crippen molar-refractivity contribution in [2.75, 3.05) is 0 Å². The first-order valence-corrected chi connectivity index (χ1v) is 8.12. The number of carbonyl (C=O) groups excluding carboxylic acids is 1. The summed E-state index contributed by atoms with van der Waals surface area (Å²) in [4.78, 5) is 11.7. The van der Waals surface area contributed by atoms with E-state index in [2.05, 4.69) is 10.2 Å². The van der Waals surface area contributed by atoms with Crippen LogP contribution in [-0.4, -0.2) is 22.2 Å². The minimum absolute atomic E-state index is 0.223. The molecule has 0 atom stereocenters. The van der Waals surface area contributed by atoms with Gasteiger partial charge in [-0.15, -0.1) is 16.4 Å². The van der Waals surface area contributed by atoms with Crippen LogP contribution in [0.1, 0.15) is 15.9 Å². The van der Waals surface area contributed by atoms with Crippen LogP contribution in [0.5, 0.6) is 5.75 Å². The number of rotatable bonds is 4. The lowest BCUT2D eigenvalue weighted by Gasteiger charge is -2.02. The van der Waals surface area contributed by atoms with E-state index in [4.69, 9.17) is 0 Å². The van der Waals surface area contributed by atoms with Gasteiger partial charge in [-0.1, -0.05) is 36.4 Å². The number of nitrogens with zero attached hydrogens (tertiary/aromatic N) is 3. The molecule has 0 spiro atoms. The summed E-state index contributed by atoms with van der Waals surface area (Å²) in [7, 11) is 1.89. The highest BCUT2D eigenvalue weighted by Gasteiger charge is 2.05. The molecule has 0 saturated carbocycles. The number of phenolic OH excluding ortho intramolecular Hbond substituents is 1. The number of phenols is 1. The summed E-state index contributed by atoms with van der Waals surface area (Å²) < 4.78 is 1.91. The van der Waals surface area contributed by atoms with Crippen LogP contribution < -0.4 is 4.80 Å². The van der Waals surface area contributed by atoms with Crippen molar-refractivity contribution >= 4 is 23.8 Å². The summed E-state index contributed by atoms with van der Waals surface area (Å²) in [5, 5.41) is 19.9. The van der Waals surface area contributed by atoms with Crippen molar-refractivity contribution in [3.63, 3.8) is 0 Å². The number of thiazole rings is 1. The van der Waals surface area contributed by atoms with Crippen molar-refractivity contribution in [3.05, 3.63) is 69.8 Å². The summed E-state index contributed by atoms with van der Waals surface area (Å²) >= 11 is 1.45. The van der Waals surface area contributed by atoms with Gasteiger partial charge in [-0.05, 0) is 12.1 Å². The fourth-order valence-electron chi connectivity index (χ4n) is 2.26. The Labute approximate surface area is 142 Å². The molecule has 0 aliphatic heterocycles. The Kier molecular flexibility index (Phi) is 4.67. The number of carbonyl (C=O) groups is 1. The van der Waals surface area contributed by atoms with Gasteiger partial charge in [0.15, 0.2) is 6.29 Å². The molecule has 6 heteroatoms. The van der Waals surface area contributed by atoms with Crippen LogP contribution >= 0.6 is 11.3 Å². The molecule has 0 bridgehead atoms. The second kappa shape index (κ2) is 7.06. The van der Waals surface area contributed by atoms with Gasteiger partial charge in [0.2, 0.25) is 4.80 Å². The number of hydrogen-bond acceptors (Lipinski definition) is 5. The fraction of sp³-hybridized carbons (Fsp3) is 0.0556. The summed E-state index contributed by atoms with van der Waals surface area (Å²) in [6.45, 7) is 0. The van der Waals surface area contributed by atoms with Crippen LogP contribution in [0.15, 0.2) is 64.1 Å². The topological polar surface area (TPSA) is 66.9 Å². The van der Waals surface area contributed by atoms with E-state index in [0.717, 1.165) is 23.1 Å². The SMILES string of the molecule is Cn1c(-c2cccc(O)c2)cs/c1=N/N=C/c1ccccc1C=O. The monoisotopic (exact) mass is 337 g/mol. The van der Waals surface area contributed by atoms with Gasteiger partial charge in [0.05, 0.1) is 11.9 Å². The van der Waals surface area contributed by atoms with Crippen molar-refractivity contribution in [2.45, 2.75) is 0 Å². The second-order valence-electron chi connectivity index (χ2n) is 5.10. The average molecular weight is 337 g/mol. The van der Waals surface area contributed by atoms with Gasteiger partial charge in [0.1, 0.15) is 5.75 Å². The number of aldehydes is 1. The molecule has 5 nitrogen and oxygen atoms in total. The molecule has 3 rings (SSSR count). The highest BCUT2D eigenvalue weighted by Crippen LogP contribution is 2.22. The largest absolute Gasteiger partial charge is 0.508 e. The Balaban J connectivity index is 1.92. The van der Waals surface area contributed by atoms with E-state index >= 15 is 0 Å². The molecule has 120 valence electrons. The van der Waals surface area contributed by atoms with E-state index < -0.39 is 0 Å².